The maximum atomic E-state index is 12.6. The first-order valence-electron chi connectivity index (χ1n) is 10.2. The first-order valence-corrected chi connectivity index (χ1v) is 12.0. The highest BCUT2D eigenvalue weighted by Crippen LogP contribution is 2.21. The Hall–Kier alpha value is -3.28. The fourth-order valence-electron chi connectivity index (χ4n) is 3.44. The first kappa shape index (κ1) is 22.9. The number of nitrogens with zero attached hydrogens (tertiary/aromatic N) is 4. The molecule has 0 bridgehead atoms. The Labute approximate surface area is 195 Å². The van der Waals surface area contributed by atoms with E-state index < -0.39 is 21.8 Å². The number of hydrogen-bond donors (Lipinski definition) is 2. The average molecular weight is 489 g/mol. The third-order valence-corrected chi connectivity index (χ3v) is 7.39. The fraction of sp³-hybridized carbons (Fsp3) is 0.238. The lowest BCUT2D eigenvalue weighted by atomic mass is 10.2. The number of para-hydroxylation sites is 1. The van der Waals surface area contributed by atoms with Gasteiger partial charge in [0.1, 0.15) is 5.82 Å². The predicted molar refractivity (Wildman–Crippen MR) is 120 cm³/mol. The number of amides is 2. The molecule has 1 fully saturated rings. The minimum atomic E-state index is -3.57. The summed E-state index contributed by atoms with van der Waals surface area (Å²) >= 11 is 6.18. The molecule has 33 heavy (non-hydrogen) atoms. The smallest absolute Gasteiger partial charge is 0.267 e. The molecule has 172 valence electrons. The SMILES string of the molecule is Cc1nc(C(=O)NNC(=O)c2ccc(S(=O)(=O)N3CCCC3)cc2)nn1-c1ccccc1Cl. The van der Waals surface area contributed by atoms with Crippen molar-refractivity contribution in [1.29, 1.82) is 0 Å². The van der Waals surface area contributed by atoms with E-state index in [-0.39, 0.29) is 16.3 Å². The maximum Gasteiger partial charge on any atom is 0.309 e. The molecule has 0 radical (unpaired) electrons. The monoisotopic (exact) mass is 488 g/mol. The third-order valence-electron chi connectivity index (χ3n) is 5.16. The van der Waals surface area contributed by atoms with Gasteiger partial charge in [-0.05, 0) is 56.2 Å². The van der Waals surface area contributed by atoms with Gasteiger partial charge < -0.3 is 0 Å². The van der Waals surface area contributed by atoms with Crippen LogP contribution >= 0.6 is 11.6 Å². The fourth-order valence-corrected chi connectivity index (χ4v) is 5.17. The second kappa shape index (κ2) is 9.30. The van der Waals surface area contributed by atoms with Crippen LogP contribution in [0.15, 0.2) is 53.4 Å². The quantitative estimate of drug-likeness (QED) is 0.529. The molecule has 1 aromatic heterocycles. The highest BCUT2D eigenvalue weighted by atomic mass is 35.5. The summed E-state index contributed by atoms with van der Waals surface area (Å²) in [6.45, 7) is 2.66. The molecule has 1 aliphatic heterocycles. The Morgan fingerprint density at radius 3 is 2.27 bits per heavy atom. The normalized spacial score (nSPS) is 14.2. The van der Waals surface area contributed by atoms with E-state index in [1.54, 1.807) is 31.2 Å². The largest absolute Gasteiger partial charge is 0.309 e. The van der Waals surface area contributed by atoms with Gasteiger partial charge in [-0.2, -0.15) is 4.31 Å². The molecular weight excluding hydrogens is 468 g/mol. The van der Waals surface area contributed by atoms with Crippen LogP contribution in [-0.2, 0) is 10.0 Å². The number of aryl methyl sites for hydroxylation is 1. The molecule has 0 saturated carbocycles. The Kier molecular flexibility index (Phi) is 6.45. The van der Waals surface area contributed by atoms with Crippen LogP contribution in [0.4, 0.5) is 0 Å². The van der Waals surface area contributed by atoms with Crippen molar-refractivity contribution in [3.8, 4) is 5.69 Å². The summed E-state index contributed by atoms with van der Waals surface area (Å²) < 4.78 is 28.0. The lowest BCUT2D eigenvalue weighted by molar-refractivity contribution is 0.0841. The lowest BCUT2D eigenvalue weighted by Crippen LogP contribution is -2.42. The topological polar surface area (TPSA) is 126 Å². The van der Waals surface area contributed by atoms with Gasteiger partial charge in [-0.3, -0.25) is 20.4 Å². The predicted octanol–water partition coefficient (Wildman–Crippen LogP) is 2.09. The Morgan fingerprint density at radius 2 is 1.61 bits per heavy atom. The van der Waals surface area contributed by atoms with Crippen molar-refractivity contribution < 1.29 is 18.0 Å². The van der Waals surface area contributed by atoms with Crippen LogP contribution in [0.1, 0.15) is 39.6 Å². The maximum absolute atomic E-state index is 12.6. The van der Waals surface area contributed by atoms with Crippen LogP contribution in [0.2, 0.25) is 5.02 Å². The highest BCUT2D eigenvalue weighted by Gasteiger charge is 2.27. The number of aromatic nitrogens is 3. The second-order valence-electron chi connectivity index (χ2n) is 7.39. The summed E-state index contributed by atoms with van der Waals surface area (Å²) in [5.41, 5.74) is 5.28. The molecule has 2 amide bonds. The summed E-state index contributed by atoms with van der Waals surface area (Å²) in [6.07, 6.45) is 1.68. The number of sulfonamides is 1. The summed E-state index contributed by atoms with van der Waals surface area (Å²) in [5, 5.41) is 4.60. The van der Waals surface area contributed by atoms with E-state index in [4.69, 9.17) is 11.6 Å². The number of hydrogen-bond acceptors (Lipinski definition) is 6. The molecule has 3 aromatic rings. The van der Waals surface area contributed by atoms with E-state index in [1.807, 2.05) is 0 Å². The number of carbonyl (C=O) groups excluding carboxylic acids is 2. The van der Waals surface area contributed by atoms with Gasteiger partial charge in [-0.1, -0.05) is 23.7 Å². The molecule has 2 heterocycles. The van der Waals surface area contributed by atoms with Crippen molar-refractivity contribution in [2.24, 2.45) is 0 Å². The zero-order valence-corrected chi connectivity index (χ0v) is 19.2. The van der Waals surface area contributed by atoms with Gasteiger partial charge in [0, 0.05) is 18.7 Å². The van der Waals surface area contributed by atoms with Gasteiger partial charge in [0.25, 0.3) is 5.91 Å². The van der Waals surface area contributed by atoms with Crippen LogP contribution < -0.4 is 10.9 Å². The molecule has 1 aliphatic rings. The van der Waals surface area contributed by atoms with E-state index in [9.17, 15) is 18.0 Å². The molecular formula is C21H21ClN6O4S. The summed E-state index contributed by atoms with van der Waals surface area (Å²) in [5.74, 6) is -1.05. The first-order chi connectivity index (χ1) is 15.8. The van der Waals surface area contributed by atoms with Crippen molar-refractivity contribution in [3.63, 3.8) is 0 Å². The minimum Gasteiger partial charge on any atom is -0.267 e. The number of hydrazine groups is 1. The molecule has 1 saturated heterocycles. The number of benzene rings is 2. The molecule has 0 aliphatic carbocycles. The van der Waals surface area contributed by atoms with Gasteiger partial charge in [-0.15, -0.1) is 5.10 Å². The average Bonchev–Trinajstić information content (AvgIpc) is 3.48. The second-order valence-corrected chi connectivity index (χ2v) is 9.73. The molecule has 0 unspecified atom stereocenters. The summed E-state index contributed by atoms with van der Waals surface area (Å²) in [6, 6.07) is 12.5. The molecule has 0 spiro atoms. The Morgan fingerprint density at radius 1 is 0.970 bits per heavy atom. The van der Waals surface area contributed by atoms with Gasteiger partial charge in [-0.25, -0.2) is 18.1 Å². The van der Waals surface area contributed by atoms with E-state index in [2.05, 4.69) is 20.9 Å². The van der Waals surface area contributed by atoms with Crippen molar-refractivity contribution in [3.05, 3.63) is 70.8 Å². The molecule has 2 aromatic carbocycles. The highest BCUT2D eigenvalue weighted by molar-refractivity contribution is 7.89. The van der Waals surface area contributed by atoms with E-state index in [1.165, 1.54) is 33.3 Å². The van der Waals surface area contributed by atoms with E-state index >= 15 is 0 Å². The zero-order valence-electron chi connectivity index (χ0n) is 17.7. The van der Waals surface area contributed by atoms with Crippen LogP contribution in [0.3, 0.4) is 0 Å². The molecule has 12 heteroatoms. The summed E-state index contributed by atoms with van der Waals surface area (Å²) in [7, 11) is -3.57. The lowest BCUT2D eigenvalue weighted by Gasteiger charge is -2.15. The van der Waals surface area contributed by atoms with Crippen LogP contribution in [0.25, 0.3) is 5.69 Å². The summed E-state index contributed by atoms with van der Waals surface area (Å²) in [4.78, 5) is 29.0. The van der Waals surface area contributed by atoms with E-state index in [0.29, 0.717) is 29.6 Å². The number of carbonyl (C=O) groups is 2. The minimum absolute atomic E-state index is 0.120. The standard InChI is InChI=1S/C21H21ClN6O4S/c1-14-23-19(26-28(14)18-7-3-2-6-17(18)22)21(30)25-24-20(29)15-8-10-16(11-9-15)33(31,32)27-12-4-5-13-27/h2-3,6-11H,4-5,12-13H2,1H3,(H,24,29)(H,25,30). The van der Waals surface area contributed by atoms with E-state index in [0.717, 1.165) is 12.8 Å². The Balaban J connectivity index is 1.40. The molecule has 4 rings (SSSR count). The van der Waals surface area contributed by atoms with Crippen LogP contribution in [0, 0.1) is 6.92 Å². The zero-order chi connectivity index (χ0) is 23.6. The number of rotatable bonds is 5. The van der Waals surface area contributed by atoms with Crippen LogP contribution in [-0.4, -0.2) is 52.4 Å². The molecule has 2 N–H and O–H groups in total. The Bertz CT molecular complexity index is 1300. The van der Waals surface area contributed by atoms with Gasteiger partial charge in [0.15, 0.2) is 0 Å². The van der Waals surface area contributed by atoms with Crippen LogP contribution in [0.5, 0.6) is 0 Å². The number of halogens is 1. The van der Waals surface area contributed by atoms with Crippen molar-refractivity contribution in [2.75, 3.05) is 13.1 Å². The van der Waals surface area contributed by atoms with Crippen molar-refractivity contribution in [2.45, 2.75) is 24.7 Å². The molecule has 0 atom stereocenters. The van der Waals surface area contributed by atoms with Crippen molar-refractivity contribution in [1.82, 2.24) is 29.9 Å². The molecule has 10 nitrogen and oxygen atoms in total. The van der Waals surface area contributed by atoms with Gasteiger partial charge in [0.2, 0.25) is 15.8 Å². The number of nitrogens with one attached hydrogen (secondary N) is 2. The van der Waals surface area contributed by atoms with Gasteiger partial charge in [0.05, 0.1) is 15.6 Å². The van der Waals surface area contributed by atoms with Gasteiger partial charge >= 0.3 is 5.91 Å². The van der Waals surface area contributed by atoms with Crippen molar-refractivity contribution >= 4 is 33.4 Å². The third kappa shape index (κ3) is 4.75.